The van der Waals surface area contributed by atoms with E-state index in [0.29, 0.717) is 34.9 Å². The summed E-state index contributed by atoms with van der Waals surface area (Å²) in [5.74, 6) is -0.722. The van der Waals surface area contributed by atoms with Crippen LogP contribution in [-0.2, 0) is 19.0 Å². The third-order valence-corrected chi connectivity index (χ3v) is 6.33. The molecule has 4 rings (SSSR count). The molecule has 0 radical (unpaired) electrons. The Bertz CT molecular complexity index is 706. The monoisotopic (exact) mass is 394 g/mol. The predicted molar refractivity (Wildman–Crippen MR) is 102 cm³/mol. The number of halogens is 1. The lowest BCUT2D eigenvalue weighted by Gasteiger charge is -2.24. The summed E-state index contributed by atoms with van der Waals surface area (Å²) in [7, 11) is 0. The van der Waals surface area contributed by atoms with E-state index < -0.39 is 17.7 Å². The molecule has 4 aliphatic rings. The van der Waals surface area contributed by atoms with Gasteiger partial charge in [0.25, 0.3) is 5.91 Å². The molecule has 27 heavy (non-hydrogen) atoms. The molecule has 0 bridgehead atoms. The van der Waals surface area contributed by atoms with Gasteiger partial charge in [0.1, 0.15) is 29.9 Å². The summed E-state index contributed by atoms with van der Waals surface area (Å²) in [6, 6.07) is 0. The van der Waals surface area contributed by atoms with Crippen molar-refractivity contribution in [1.29, 1.82) is 0 Å². The smallest absolute Gasteiger partial charge is 0.263 e. The number of amidine groups is 1. The van der Waals surface area contributed by atoms with Gasteiger partial charge in [0.2, 0.25) is 0 Å². The van der Waals surface area contributed by atoms with Gasteiger partial charge < -0.3 is 14.2 Å². The van der Waals surface area contributed by atoms with Crippen molar-refractivity contribution >= 4 is 29.2 Å². The average molecular weight is 394 g/mol. The summed E-state index contributed by atoms with van der Waals surface area (Å²) in [5, 5.41) is 0.485. The van der Waals surface area contributed by atoms with Gasteiger partial charge in [-0.2, -0.15) is 16.8 Å². The molecule has 2 saturated heterocycles. The molecule has 0 aromatic rings. The molecule has 6 nitrogen and oxygen atoms in total. The lowest BCUT2D eigenvalue weighted by Crippen LogP contribution is -2.31. The SMILES string of the molecule is O=C1N=C(CSC2CCOCC2)N=C2C=C(OCC3CCCO3)C=C(F)C12. The van der Waals surface area contributed by atoms with E-state index in [1.165, 1.54) is 6.08 Å². The van der Waals surface area contributed by atoms with Crippen molar-refractivity contribution in [2.75, 3.05) is 32.2 Å². The summed E-state index contributed by atoms with van der Waals surface area (Å²) in [4.78, 5) is 20.8. The molecule has 0 N–H and O–H groups in total. The highest BCUT2D eigenvalue weighted by Gasteiger charge is 2.35. The summed E-state index contributed by atoms with van der Waals surface area (Å²) >= 11 is 1.73. The largest absolute Gasteiger partial charge is 0.491 e. The average Bonchev–Trinajstić information content (AvgIpc) is 3.19. The number of hydrogen-bond acceptors (Lipinski definition) is 6. The molecule has 3 aliphatic heterocycles. The molecule has 8 heteroatoms. The third-order valence-electron chi connectivity index (χ3n) is 4.96. The van der Waals surface area contributed by atoms with E-state index in [9.17, 15) is 9.18 Å². The zero-order valence-corrected chi connectivity index (χ0v) is 15.9. The Kier molecular flexibility index (Phi) is 6.04. The first-order valence-electron chi connectivity index (χ1n) is 9.41. The van der Waals surface area contributed by atoms with Crippen LogP contribution in [0.1, 0.15) is 25.7 Å². The van der Waals surface area contributed by atoms with Gasteiger partial charge in [-0.25, -0.2) is 9.38 Å². The molecule has 0 aromatic heterocycles. The number of aliphatic imine (C=N–C) groups is 2. The van der Waals surface area contributed by atoms with E-state index in [0.717, 1.165) is 45.5 Å². The van der Waals surface area contributed by atoms with Crippen molar-refractivity contribution in [3.05, 3.63) is 23.7 Å². The van der Waals surface area contributed by atoms with E-state index in [1.54, 1.807) is 17.8 Å². The number of carbonyl (C=O) groups excluding carboxylic acids is 1. The fraction of sp³-hybridized carbons (Fsp3) is 0.632. The summed E-state index contributed by atoms with van der Waals surface area (Å²) in [6.45, 7) is 2.65. The molecular formula is C19H23FN2O4S. The molecule has 2 unspecified atom stereocenters. The van der Waals surface area contributed by atoms with Gasteiger partial charge in [-0.05, 0) is 25.7 Å². The zero-order valence-electron chi connectivity index (χ0n) is 15.1. The maximum atomic E-state index is 14.4. The maximum absolute atomic E-state index is 14.4. The molecule has 1 amide bonds. The number of hydrogen-bond donors (Lipinski definition) is 0. The number of fused-ring (bicyclic) bond motifs is 1. The van der Waals surface area contributed by atoms with Gasteiger partial charge in [0, 0.05) is 37.2 Å². The first-order valence-corrected chi connectivity index (χ1v) is 10.5. The minimum absolute atomic E-state index is 0.0445. The van der Waals surface area contributed by atoms with Gasteiger partial charge in [-0.1, -0.05) is 0 Å². The van der Waals surface area contributed by atoms with E-state index in [4.69, 9.17) is 14.2 Å². The lowest BCUT2D eigenvalue weighted by atomic mass is 9.94. The van der Waals surface area contributed by atoms with Crippen molar-refractivity contribution in [1.82, 2.24) is 0 Å². The second kappa shape index (κ2) is 8.67. The van der Waals surface area contributed by atoms with Gasteiger partial charge in [0.15, 0.2) is 0 Å². The van der Waals surface area contributed by atoms with E-state index in [1.807, 2.05) is 0 Å². The number of nitrogens with zero attached hydrogens (tertiary/aromatic N) is 2. The van der Waals surface area contributed by atoms with E-state index in [2.05, 4.69) is 9.98 Å². The van der Waals surface area contributed by atoms with Crippen LogP contribution in [0.5, 0.6) is 0 Å². The van der Waals surface area contributed by atoms with Crippen LogP contribution in [0.4, 0.5) is 4.39 Å². The molecule has 0 aromatic carbocycles. The van der Waals surface area contributed by atoms with Crippen LogP contribution in [0.15, 0.2) is 33.7 Å². The van der Waals surface area contributed by atoms with Crippen molar-refractivity contribution < 1.29 is 23.4 Å². The highest BCUT2D eigenvalue weighted by Crippen LogP contribution is 2.29. The van der Waals surface area contributed by atoms with Crippen LogP contribution >= 0.6 is 11.8 Å². The molecular weight excluding hydrogens is 371 g/mol. The van der Waals surface area contributed by atoms with E-state index >= 15 is 0 Å². The van der Waals surface area contributed by atoms with E-state index in [-0.39, 0.29) is 6.10 Å². The second-order valence-corrected chi connectivity index (χ2v) is 8.27. The molecule has 2 fully saturated rings. The Morgan fingerprint density at radius 3 is 2.81 bits per heavy atom. The highest BCUT2D eigenvalue weighted by atomic mass is 32.2. The van der Waals surface area contributed by atoms with Crippen molar-refractivity contribution in [3.8, 4) is 0 Å². The van der Waals surface area contributed by atoms with Crippen LogP contribution in [0, 0.1) is 5.92 Å². The normalized spacial score (nSPS) is 28.9. The fourth-order valence-electron chi connectivity index (χ4n) is 3.49. The Balaban J connectivity index is 1.41. The molecule has 3 heterocycles. The minimum Gasteiger partial charge on any atom is -0.491 e. The first-order chi connectivity index (χ1) is 13.2. The molecule has 1 aliphatic carbocycles. The molecule has 146 valence electrons. The highest BCUT2D eigenvalue weighted by molar-refractivity contribution is 8.00. The summed E-state index contributed by atoms with van der Waals surface area (Å²) in [6.07, 6.45) is 6.89. The summed E-state index contributed by atoms with van der Waals surface area (Å²) < 4.78 is 31.0. The van der Waals surface area contributed by atoms with Crippen molar-refractivity contribution in [2.45, 2.75) is 37.0 Å². The first kappa shape index (κ1) is 18.8. The number of carbonyl (C=O) groups is 1. The lowest BCUT2D eigenvalue weighted by molar-refractivity contribution is -0.119. The molecule has 0 spiro atoms. The van der Waals surface area contributed by atoms with Gasteiger partial charge in [-0.15, -0.1) is 0 Å². The predicted octanol–water partition coefficient (Wildman–Crippen LogP) is 2.84. The van der Waals surface area contributed by atoms with Crippen LogP contribution in [0.2, 0.25) is 0 Å². The summed E-state index contributed by atoms with van der Waals surface area (Å²) in [5.41, 5.74) is 0.375. The number of amides is 1. The van der Waals surface area contributed by atoms with Gasteiger partial charge in [-0.3, -0.25) is 4.79 Å². The quantitative estimate of drug-likeness (QED) is 0.693. The van der Waals surface area contributed by atoms with Gasteiger partial charge >= 0.3 is 0 Å². The number of allylic oxidation sites excluding steroid dienone is 2. The minimum atomic E-state index is -1.03. The maximum Gasteiger partial charge on any atom is 0.263 e. The number of thioether (sulfide) groups is 1. The number of rotatable bonds is 6. The topological polar surface area (TPSA) is 69.5 Å². The van der Waals surface area contributed by atoms with Crippen LogP contribution in [-0.4, -0.2) is 61.0 Å². The van der Waals surface area contributed by atoms with Crippen LogP contribution in [0.3, 0.4) is 0 Å². The fourth-order valence-corrected chi connectivity index (χ4v) is 4.53. The van der Waals surface area contributed by atoms with Crippen LogP contribution < -0.4 is 0 Å². The van der Waals surface area contributed by atoms with Crippen molar-refractivity contribution in [2.24, 2.45) is 15.9 Å². The zero-order chi connectivity index (χ0) is 18.6. The van der Waals surface area contributed by atoms with Crippen molar-refractivity contribution in [3.63, 3.8) is 0 Å². The molecule has 0 saturated carbocycles. The van der Waals surface area contributed by atoms with Crippen LogP contribution in [0.25, 0.3) is 0 Å². The Hall–Kier alpha value is -1.51. The standard InChI is InChI=1S/C19H23FN2O4S/c20-15-8-13(26-10-12-2-1-5-25-12)9-16-18(15)19(23)22-17(21-16)11-27-14-3-6-24-7-4-14/h8-9,12,14,18H,1-7,10-11H2. The molecule has 2 atom stereocenters. The van der Waals surface area contributed by atoms with Gasteiger partial charge in [0.05, 0.1) is 17.6 Å². The number of ether oxygens (including phenoxy) is 3. The Morgan fingerprint density at radius 1 is 1.19 bits per heavy atom. The third kappa shape index (κ3) is 4.67. The Morgan fingerprint density at radius 2 is 2.04 bits per heavy atom. The second-order valence-electron chi connectivity index (χ2n) is 6.98. The Labute approximate surface area is 161 Å².